The van der Waals surface area contributed by atoms with E-state index in [9.17, 15) is 5.11 Å². The van der Waals surface area contributed by atoms with Crippen molar-refractivity contribution < 1.29 is 5.11 Å². The average molecular weight is 319 g/mol. The van der Waals surface area contributed by atoms with Crippen LogP contribution in [0.15, 0.2) is 24.3 Å². The fourth-order valence-electron chi connectivity index (χ4n) is 3.70. The molecule has 2 rings (SSSR count). The lowest BCUT2D eigenvalue weighted by Crippen LogP contribution is -2.29. The molecule has 1 aromatic rings. The van der Waals surface area contributed by atoms with Crippen LogP contribution in [-0.4, -0.2) is 23.8 Å². The number of rotatable bonds is 9. The maximum Gasteiger partial charge on any atom is 0.0665 e. The Kier molecular flexibility index (Phi) is 8.07. The lowest BCUT2D eigenvalue weighted by Gasteiger charge is -2.25. The van der Waals surface area contributed by atoms with Gasteiger partial charge in [-0.25, -0.2) is 0 Å². The smallest absolute Gasteiger partial charge is 0.0665 e. The van der Waals surface area contributed by atoms with Crippen LogP contribution >= 0.6 is 0 Å². The summed E-state index contributed by atoms with van der Waals surface area (Å²) in [6.07, 6.45) is 9.65. The molecule has 2 unspecified atom stereocenters. The number of aliphatic hydroxyl groups is 1. The van der Waals surface area contributed by atoms with E-state index in [1.807, 2.05) is 0 Å². The zero-order chi connectivity index (χ0) is 16.5. The summed E-state index contributed by atoms with van der Waals surface area (Å²) in [5.41, 5.74) is 8.18. The molecule has 0 amide bonds. The van der Waals surface area contributed by atoms with Crippen LogP contribution < -0.4 is 11.1 Å². The molecule has 3 nitrogen and oxygen atoms in total. The average Bonchev–Trinajstić information content (AvgIpc) is 2.59. The van der Waals surface area contributed by atoms with Gasteiger partial charge < -0.3 is 16.2 Å². The molecule has 130 valence electrons. The molecular formula is C20H34N2O. The van der Waals surface area contributed by atoms with E-state index in [4.69, 9.17) is 5.73 Å². The van der Waals surface area contributed by atoms with Gasteiger partial charge in [-0.15, -0.1) is 0 Å². The van der Waals surface area contributed by atoms with Gasteiger partial charge in [0.15, 0.2) is 0 Å². The maximum absolute atomic E-state index is 9.67. The molecule has 23 heavy (non-hydrogen) atoms. The largest absolute Gasteiger partial charge is 0.392 e. The second-order valence-corrected chi connectivity index (χ2v) is 7.22. The highest BCUT2D eigenvalue weighted by atomic mass is 16.3. The number of benzene rings is 1. The van der Waals surface area contributed by atoms with Crippen molar-refractivity contribution in [3.8, 4) is 0 Å². The quantitative estimate of drug-likeness (QED) is 0.654. The van der Waals surface area contributed by atoms with Gasteiger partial charge in [0.1, 0.15) is 0 Å². The standard InChI is InChI=1S/C20H34N2O/c1-16(13-17-7-3-2-4-8-17)22-15-19-10-6-5-9-18(19)11-12-20(23)14-21/h5-6,9-10,16-17,20,22-23H,2-4,7-8,11-15,21H2,1H3. The molecule has 0 radical (unpaired) electrons. The number of nitrogens with one attached hydrogen (secondary N) is 1. The van der Waals surface area contributed by atoms with E-state index in [0.29, 0.717) is 12.6 Å². The first-order valence-corrected chi connectivity index (χ1v) is 9.37. The van der Waals surface area contributed by atoms with Crippen LogP contribution in [0.2, 0.25) is 0 Å². The Balaban J connectivity index is 1.79. The first-order chi connectivity index (χ1) is 11.2. The predicted molar refractivity (Wildman–Crippen MR) is 97.3 cm³/mol. The van der Waals surface area contributed by atoms with Gasteiger partial charge in [0.25, 0.3) is 0 Å². The van der Waals surface area contributed by atoms with E-state index in [-0.39, 0.29) is 6.10 Å². The Morgan fingerprint density at radius 2 is 1.87 bits per heavy atom. The van der Waals surface area contributed by atoms with E-state index < -0.39 is 0 Å². The minimum Gasteiger partial charge on any atom is -0.392 e. The van der Waals surface area contributed by atoms with Gasteiger partial charge in [-0.3, -0.25) is 0 Å². The normalized spacial score (nSPS) is 18.7. The zero-order valence-electron chi connectivity index (χ0n) is 14.6. The summed E-state index contributed by atoms with van der Waals surface area (Å²) in [7, 11) is 0. The Labute approximate surface area is 141 Å². The van der Waals surface area contributed by atoms with E-state index in [1.54, 1.807) is 0 Å². The van der Waals surface area contributed by atoms with E-state index in [0.717, 1.165) is 25.3 Å². The highest BCUT2D eigenvalue weighted by Gasteiger charge is 2.16. The number of aliphatic hydroxyl groups excluding tert-OH is 1. The molecule has 0 aliphatic heterocycles. The topological polar surface area (TPSA) is 58.3 Å². The molecule has 3 heteroatoms. The fraction of sp³-hybridized carbons (Fsp3) is 0.700. The molecule has 0 bridgehead atoms. The Morgan fingerprint density at radius 3 is 2.57 bits per heavy atom. The predicted octanol–water partition coefficient (Wildman–Crippen LogP) is 3.39. The molecule has 1 saturated carbocycles. The first-order valence-electron chi connectivity index (χ1n) is 9.37. The summed E-state index contributed by atoms with van der Waals surface area (Å²) in [5, 5.41) is 13.4. The highest BCUT2D eigenvalue weighted by molar-refractivity contribution is 5.27. The molecular weight excluding hydrogens is 284 g/mol. The van der Waals surface area contributed by atoms with Crippen LogP contribution in [0, 0.1) is 5.92 Å². The molecule has 1 aliphatic rings. The second kappa shape index (κ2) is 10.1. The van der Waals surface area contributed by atoms with Crippen LogP contribution in [0.3, 0.4) is 0 Å². The number of hydrogen-bond donors (Lipinski definition) is 3. The van der Waals surface area contributed by atoms with Crippen LogP contribution in [0.4, 0.5) is 0 Å². The number of aryl methyl sites for hydroxylation is 1. The molecule has 0 saturated heterocycles. The van der Waals surface area contributed by atoms with Gasteiger partial charge in [-0.2, -0.15) is 0 Å². The van der Waals surface area contributed by atoms with Crippen molar-refractivity contribution in [1.29, 1.82) is 0 Å². The molecule has 0 heterocycles. The molecule has 1 aliphatic carbocycles. The molecule has 0 spiro atoms. The van der Waals surface area contributed by atoms with Crippen LogP contribution in [0.5, 0.6) is 0 Å². The van der Waals surface area contributed by atoms with Crippen molar-refractivity contribution in [2.45, 2.75) is 77.0 Å². The summed E-state index contributed by atoms with van der Waals surface area (Å²) < 4.78 is 0. The second-order valence-electron chi connectivity index (χ2n) is 7.22. The monoisotopic (exact) mass is 318 g/mol. The fourth-order valence-corrected chi connectivity index (χ4v) is 3.70. The SMILES string of the molecule is CC(CC1CCCCC1)NCc1ccccc1CCC(O)CN. The highest BCUT2D eigenvalue weighted by Crippen LogP contribution is 2.27. The van der Waals surface area contributed by atoms with Crippen LogP contribution in [0.1, 0.15) is 63.0 Å². The summed E-state index contributed by atoms with van der Waals surface area (Å²) in [6, 6.07) is 9.13. The van der Waals surface area contributed by atoms with Gasteiger partial charge >= 0.3 is 0 Å². The zero-order valence-corrected chi connectivity index (χ0v) is 14.6. The lowest BCUT2D eigenvalue weighted by molar-refractivity contribution is 0.173. The molecule has 4 N–H and O–H groups in total. The maximum atomic E-state index is 9.67. The van der Waals surface area contributed by atoms with Crippen LogP contribution in [0.25, 0.3) is 0 Å². The minimum absolute atomic E-state index is 0.346. The van der Waals surface area contributed by atoms with E-state index in [1.165, 1.54) is 49.7 Å². The van der Waals surface area contributed by atoms with E-state index in [2.05, 4.69) is 36.5 Å². The summed E-state index contributed by atoms with van der Waals surface area (Å²) in [4.78, 5) is 0. The molecule has 0 aromatic heterocycles. The van der Waals surface area contributed by atoms with Gasteiger partial charge in [0.2, 0.25) is 0 Å². The molecule has 2 atom stereocenters. The van der Waals surface area contributed by atoms with Crippen molar-refractivity contribution in [3.63, 3.8) is 0 Å². The van der Waals surface area contributed by atoms with Gasteiger partial charge in [-0.05, 0) is 43.2 Å². The van der Waals surface area contributed by atoms with Crippen LogP contribution in [-0.2, 0) is 13.0 Å². The Hall–Kier alpha value is -0.900. The summed E-state index contributed by atoms with van der Waals surface area (Å²) >= 11 is 0. The Morgan fingerprint density at radius 1 is 1.17 bits per heavy atom. The van der Waals surface area contributed by atoms with E-state index >= 15 is 0 Å². The molecule has 1 aromatic carbocycles. The third-order valence-electron chi connectivity index (χ3n) is 5.19. The molecule has 1 fully saturated rings. The van der Waals surface area contributed by atoms with Crippen molar-refractivity contribution in [3.05, 3.63) is 35.4 Å². The summed E-state index contributed by atoms with van der Waals surface area (Å²) in [5.74, 6) is 0.918. The van der Waals surface area contributed by atoms with Crippen molar-refractivity contribution in [2.75, 3.05) is 6.54 Å². The number of nitrogens with two attached hydrogens (primary N) is 1. The van der Waals surface area contributed by atoms with Crippen molar-refractivity contribution >= 4 is 0 Å². The van der Waals surface area contributed by atoms with Gasteiger partial charge in [-0.1, -0.05) is 56.4 Å². The number of hydrogen-bond acceptors (Lipinski definition) is 3. The summed E-state index contributed by atoms with van der Waals surface area (Å²) in [6.45, 7) is 3.58. The van der Waals surface area contributed by atoms with Gasteiger partial charge in [0, 0.05) is 19.1 Å². The minimum atomic E-state index is -0.388. The Bertz CT molecular complexity index is 443. The van der Waals surface area contributed by atoms with Gasteiger partial charge in [0.05, 0.1) is 6.10 Å². The van der Waals surface area contributed by atoms with Crippen molar-refractivity contribution in [2.24, 2.45) is 11.7 Å². The third kappa shape index (κ3) is 6.62. The third-order valence-corrected chi connectivity index (χ3v) is 5.19. The first kappa shape index (κ1) is 18.4. The lowest BCUT2D eigenvalue weighted by atomic mass is 9.85. The van der Waals surface area contributed by atoms with Crippen molar-refractivity contribution in [1.82, 2.24) is 5.32 Å².